The molecule has 0 atom stereocenters. The number of nitrogens with zero attached hydrogens (tertiary/aromatic N) is 2. The van der Waals surface area contributed by atoms with Gasteiger partial charge < -0.3 is 5.53 Å². The molecular weight excluding hydrogens is 176 g/mol. The average Bonchev–Trinajstić information content (AvgIpc) is 2.18. The average molecular weight is 194 g/mol. The Morgan fingerprint density at radius 1 is 1.36 bits per heavy atom. The molecule has 0 radical (unpaired) electrons. The van der Waals surface area contributed by atoms with Gasteiger partial charge in [-0.25, -0.2) is 0 Å². The van der Waals surface area contributed by atoms with Crippen LogP contribution in [-0.4, -0.2) is 16.8 Å². The number of ketones is 1. The van der Waals surface area contributed by atoms with Gasteiger partial charge in [-0.05, 0) is 37.5 Å². The van der Waals surface area contributed by atoms with Crippen LogP contribution in [0.1, 0.15) is 39.5 Å². The molecule has 1 rings (SSSR count). The van der Waals surface area contributed by atoms with E-state index in [1.807, 2.05) is 0 Å². The van der Waals surface area contributed by atoms with Gasteiger partial charge >= 0.3 is 6.21 Å². The van der Waals surface area contributed by atoms with Gasteiger partial charge in [-0.2, -0.15) is 4.79 Å². The number of hydrogen-bond donors (Lipinski definition) is 0. The molecule has 0 aliphatic heterocycles. The first-order chi connectivity index (χ1) is 6.65. The van der Waals surface area contributed by atoms with Gasteiger partial charge in [0, 0.05) is 5.92 Å². The molecule has 1 saturated carbocycles. The first kappa shape index (κ1) is 11.1. The van der Waals surface area contributed by atoms with Crippen molar-refractivity contribution in [3.05, 3.63) is 5.53 Å². The molecule has 1 aliphatic rings. The van der Waals surface area contributed by atoms with Crippen LogP contribution in [0.15, 0.2) is 0 Å². The minimum atomic E-state index is -0.0188. The van der Waals surface area contributed by atoms with E-state index in [9.17, 15) is 4.79 Å². The predicted octanol–water partition coefficient (Wildman–Crippen LogP) is 2.32. The summed E-state index contributed by atoms with van der Waals surface area (Å²) in [6.45, 7) is 4.48. The minimum Gasteiger partial charge on any atom is -0.361 e. The second-order valence-corrected chi connectivity index (χ2v) is 4.50. The molecule has 1 aliphatic carbocycles. The Morgan fingerprint density at radius 3 is 2.36 bits per heavy atom. The summed E-state index contributed by atoms with van der Waals surface area (Å²) in [7, 11) is 0. The van der Waals surface area contributed by atoms with E-state index in [-0.39, 0.29) is 11.7 Å². The van der Waals surface area contributed by atoms with Gasteiger partial charge in [0.1, 0.15) is 0 Å². The molecule has 0 N–H and O–H groups in total. The number of hydrogen-bond acceptors (Lipinski definition) is 1. The van der Waals surface area contributed by atoms with Crippen LogP contribution in [-0.2, 0) is 4.79 Å². The van der Waals surface area contributed by atoms with E-state index in [1.54, 1.807) is 0 Å². The van der Waals surface area contributed by atoms with Gasteiger partial charge in [0.25, 0.3) is 0 Å². The molecular formula is C11H18N2O. The molecule has 14 heavy (non-hydrogen) atoms. The summed E-state index contributed by atoms with van der Waals surface area (Å²) in [4.78, 5) is 14.2. The lowest BCUT2D eigenvalue weighted by molar-refractivity contribution is -0.120. The lowest BCUT2D eigenvalue weighted by Crippen LogP contribution is -2.24. The maximum absolute atomic E-state index is 11.4. The second kappa shape index (κ2) is 5.06. The zero-order valence-corrected chi connectivity index (χ0v) is 8.94. The Kier molecular flexibility index (Phi) is 4.02. The predicted molar refractivity (Wildman–Crippen MR) is 55.0 cm³/mol. The van der Waals surface area contributed by atoms with Crippen molar-refractivity contribution in [1.82, 2.24) is 0 Å². The third kappa shape index (κ3) is 2.78. The van der Waals surface area contributed by atoms with E-state index < -0.39 is 0 Å². The van der Waals surface area contributed by atoms with Crippen molar-refractivity contribution in [1.29, 1.82) is 0 Å². The molecule has 0 aromatic carbocycles. The molecule has 1 fully saturated rings. The highest BCUT2D eigenvalue weighted by Gasteiger charge is 2.28. The number of rotatable bonds is 3. The van der Waals surface area contributed by atoms with E-state index in [0.29, 0.717) is 0 Å². The first-order valence-electron chi connectivity index (χ1n) is 5.36. The molecule has 0 unspecified atom stereocenters. The molecule has 3 heteroatoms. The Balaban J connectivity index is 2.43. The summed E-state index contributed by atoms with van der Waals surface area (Å²) in [5.41, 5.74) is 8.26. The van der Waals surface area contributed by atoms with Crippen LogP contribution >= 0.6 is 0 Å². The Hall–Kier alpha value is -0.950. The number of carbonyl (C=O) groups is 1. The molecule has 0 aromatic rings. The highest BCUT2D eigenvalue weighted by molar-refractivity contribution is 6.26. The van der Waals surface area contributed by atoms with E-state index in [4.69, 9.17) is 5.53 Å². The Labute approximate surface area is 85.1 Å². The van der Waals surface area contributed by atoms with Gasteiger partial charge in [0.15, 0.2) is 0 Å². The molecule has 0 aromatic heterocycles. The van der Waals surface area contributed by atoms with Gasteiger partial charge in [0.2, 0.25) is 5.78 Å². The van der Waals surface area contributed by atoms with Gasteiger partial charge in [-0.15, -0.1) is 0 Å². The summed E-state index contributed by atoms with van der Waals surface area (Å²) in [5, 5.41) is 0. The topological polar surface area (TPSA) is 53.5 Å². The fraction of sp³-hybridized carbons (Fsp3) is 0.818. The zero-order valence-electron chi connectivity index (χ0n) is 8.94. The molecule has 0 saturated heterocycles. The summed E-state index contributed by atoms with van der Waals surface area (Å²) in [6, 6.07) is 0. The Bertz CT molecular complexity index is 246. The summed E-state index contributed by atoms with van der Waals surface area (Å²) < 4.78 is 0. The molecule has 3 nitrogen and oxygen atoms in total. The maximum atomic E-state index is 11.4. The summed E-state index contributed by atoms with van der Waals surface area (Å²) in [6.07, 6.45) is 5.21. The standard InChI is InChI=1S/C11H18N2O/c1-8(2)9-3-5-10(6-4-9)11(14)7-13-12/h7-10H,3-6H2,1-2H3/t9-,10-. The lowest BCUT2D eigenvalue weighted by Gasteiger charge is -2.28. The van der Waals surface area contributed by atoms with Crippen molar-refractivity contribution >= 4 is 12.0 Å². The van der Waals surface area contributed by atoms with Crippen LogP contribution in [0.25, 0.3) is 5.53 Å². The van der Waals surface area contributed by atoms with Crippen LogP contribution in [0.3, 0.4) is 0 Å². The third-order valence-electron chi connectivity index (χ3n) is 3.30. The molecule has 0 heterocycles. The normalized spacial score (nSPS) is 27.1. The summed E-state index contributed by atoms with van der Waals surface area (Å²) >= 11 is 0. The number of Topliss-reactive ketones (excluding diaryl/α,β-unsaturated/α-hetero) is 1. The first-order valence-corrected chi connectivity index (χ1v) is 5.36. The molecule has 0 amide bonds. The SMILES string of the molecule is CC(C)[C@H]1CC[C@H](C(=O)C=[N+]=[N-])CC1. The van der Waals surface area contributed by atoms with Crippen molar-refractivity contribution in [2.24, 2.45) is 17.8 Å². The van der Waals surface area contributed by atoms with Crippen molar-refractivity contribution in [2.75, 3.05) is 0 Å². The van der Waals surface area contributed by atoms with Crippen LogP contribution in [0.2, 0.25) is 0 Å². The highest BCUT2D eigenvalue weighted by Crippen LogP contribution is 2.33. The van der Waals surface area contributed by atoms with Crippen molar-refractivity contribution in [3.8, 4) is 0 Å². The van der Waals surface area contributed by atoms with Crippen molar-refractivity contribution in [3.63, 3.8) is 0 Å². The quantitative estimate of drug-likeness (QED) is 0.386. The van der Waals surface area contributed by atoms with Crippen LogP contribution in [0.4, 0.5) is 0 Å². The van der Waals surface area contributed by atoms with Crippen LogP contribution in [0.5, 0.6) is 0 Å². The number of carbonyl (C=O) groups excluding carboxylic acids is 1. The van der Waals surface area contributed by atoms with E-state index in [0.717, 1.165) is 43.7 Å². The highest BCUT2D eigenvalue weighted by atomic mass is 16.1. The summed E-state index contributed by atoms with van der Waals surface area (Å²) in [5.74, 6) is 1.57. The van der Waals surface area contributed by atoms with Gasteiger partial charge in [0.05, 0.1) is 0 Å². The third-order valence-corrected chi connectivity index (χ3v) is 3.30. The molecule has 0 bridgehead atoms. The van der Waals surface area contributed by atoms with Gasteiger partial charge in [-0.3, -0.25) is 4.79 Å². The van der Waals surface area contributed by atoms with Crippen molar-refractivity contribution in [2.45, 2.75) is 39.5 Å². The Morgan fingerprint density at radius 2 is 1.93 bits per heavy atom. The largest absolute Gasteiger partial charge is 0.361 e. The van der Waals surface area contributed by atoms with Crippen LogP contribution < -0.4 is 0 Å². The van der Waals surface area contributed by atoms with E-state index >= 15 is 0 Å². The smallest absolute Gasteiger partial charge is 0.323 e. The van der Waals surface area contributed by atoms with Gasteiger partial charge in [-0.1, -0.05) is 13.8 Å². The molecule has 0 spiro atoms. The fourth-order valence-corrected chi connectivity index (χ4v) is 2.23. The van der Waals surface area contributed by atoms with E-state index in [2.05, 4.69) is 18.6 Å². The maximum Gasteiger partial charge on any atom is 0.323 e. The van der Waals surface area contributed by atoms with Crippen molar-refractivity contribution < 1.29 is 9.58 Å². The minimum absolute atomic E-state index is 0.0188. The van der Waals surface area contributed by atoms with Crippen LogP contribution in [0, 0.1) is 17.8 Å². The molecule has 78 valence electrons. The fourth-order valence-electron chi connectivity index (χ4n) is 2.23. The monoisotopic (exact) mass is 194 g/mol. The van der Waals surface area contributed by atoms with E-state index in [1.165, 1.54) is 0 Å². The lowest BCUT2D eigenvalue weighted by atomic mass is 9.76. The second-order valence-electron chi connectivity index (χ2n) is 4.50. The zero-order chi connectivity index (χ0) is 10.6.